The molecule has 0 unspecified atom stereocenters. The topological polar surface area (TPSA) is 93.8 Å². The van der Waals surface area contributed by atoms with E-state index in [0.717, 1.165) is 24.6 Å². The largest absolute Gasteiger partial charge is 0.406 e. The SMILES string of the molecule is CC(C)CNCc1cc(C(=O)Nc2cc(C3(c4nncn4C)CC(C)C3)ccc2F)c(=O)n(CC(F)(F)F)c1. The van der Waals surface area contributed by atoms with Crippen LogP contribution < -0.4 is 16.2 Å². The highest BCUT2D eigenvalue weighted by molar-refractivity contribution is 6.04. The molecule has 0 atom stereocenters. The molecular weight excluding hydrogens is 516 g/mol. The third-order valence-corrected chi connectivity index (χ3v) is 6.92. The van der Waals surface area contributed by atoms with E-state index in [1.165, 1.54) is 18.2 Å². The molecule has 39 heavy (non-hydrogen) atoms. The Kier molecular flexibility index (Phi) is 7.97. The Balaban J connectivity index is 1.67. The summed E-state index contributed by atoms with van der Waals surface area (Å²) >= 11 is 0. The summed E-state index contributed by atoms with van der Waals surface area (Å²) in [6, 6.07) is 5.59. The number of halogens is 4. The number of carbonyl (C=O) groups excluding carboxylic acids is 1. The highest BCUT2D eigenvalue weighted by atomic mass is 19.4. The lowest BCUT2D eigenvalue weighted by Gasteiger charge is -2.46. The van der Waals surface area contributed by atoms with Crippen molar-refractivity contribution in [2.24, 2.45) is 18.9 Å². The van der Waals surface area contributed by atoms with Crippen molar-refractivity contribution in [3.63, 3.8) is 0 Å². The Morgan fingerprint density at radius 2 is 1.95 bits per heavy atom. The second kappa shape index (κ2) is 10.9. The normalized spacial score (nSPS) is 19.3. The van der Waals surface area contributed by atoms with Crippen LogP contribution in [0.3, 0.4) is 0 Å². The zero-order valence-corrected chi connectivity index (χ0v) is 22.3. The molecular formula is C27H32F4N6O2. The molecule has 8 nitrogen and oxygen atoms in total. The molecule has 2 aromatic heterocycles. The number of alkyl halides is 3. The molecule has 0 radical (unpaired) electrons. The Morgan fingerprint density at radius 3 is 2.54 bits per heavy atom. The maximum atomic E-state index is 14.9. The van der Waals surface area contributed by atoms with Gasteiger partial charge in [0, 0.05) is 19.8 Å². The monoisotopic (exact) mass is 548 g/mol. The van der Waals surface area contributed by atoms with Crippen LogP contribution in [0.4, 0.5) is 23.2 Å². The van der Waals surface area contributed by atoms with Crippen LogP contribution in [0.2, 0.25) is 0 Å². The van der Waals surface area contributed by atoms with Gasteiger partial charge in [0.1, 0.15) is 30.1 Å². The van der Waals surface area contributed by atoms with Crippen molar-refractivity contribution in [1.82, 2.24) is 24.6 Å². The first-order valence-electron chi connectivity index (χ1n) is 12.8. The number of anilines is 1. The third kappa shape index (κ3) is 6.21. The molecule has 1 fully saturated rings. The fraction of sp³-hybridized carbons (Fsp3) is 0.481. The highest BCUT2D eigenvalue weighted by Crippen LogP contribution is 2.51. The van der Waals surface area contributed by atoms with Gasteiger partial charge in [0.05, 0.1) is 11.1 Å². The molecule has 1 aliphatic carbocycles. The molecule has 1 aromatic carbocycles. The van der Waals surface area contributed by atoms with Gasteiger partial charge in [0.2, 0.25) is 0 Å². The standard InChI is InChI=1S/C27H32F4N6O2/c1-16(2)11-32-12-18-7-20(24(39)37(13-18)14-27(29,30)31)23(38)34-22-8-19(5-6-21(22)28)26(9-17(3)10-26)25-35-33-15-36(25)4/h5-8,13,15-17,32H,9-12,14H2,1-4H3,(H,34,38). The van der Waals surface area contributed by atoms with Crippen molar-refractivity contribution in [2.45, 2.75) is 58.3 Å². The summed E-state index contributed by atoms with van der Waals surface area (Å²) in [4.78, 5) is 26.1. The summed E-state index contributed by atoms with van der Waals surface area (Å²) in [5.74, 6) is -0.344. The van der Waals surface area contributed by atoms with Crippen molar-refractivity contribution < 1.29 is 22.4 Å². The summed E-state index contributed by atoms with van der Waals surface area (Å²) in [6.45, 7) is 5.22. The van der Waals surface area contributed by atoms with E-state index in [4.69, 9.17) is 0 Å². The van der Waals surface area contributed by atoms with E-state index < -0.39 is 41.0 Å². The molecule has 0 aliphatic heterocycles. The number of aryl methyl sites for hydroxylation is 1. The van der Waals surface area contributed by atoms with Gasteiger partial charge in [-0.25, -0.2) is 4.39 Å². The Labute approximate surface area is 223 Å². The lowest BCUT2D eigenvalue weighted by atomic mass is 9.58. The molecule has 210 valence electrons. The second-order valence-corrected chi connectivity index (χ2v) is 10.8. The van der Waals surface area contributed by atoms with Gasteiger partial charge >= 0.3 is 6.18 Å². The average Bonchev–Trinajstić information content (AvgIpc) is 3.25. The van der Waals surface area contributed by atoms with Gasteiger partial charge in [0.25, 0.3) is 11.5 Å². The van der Waals surface area contributed by atoms with E-state index >= 15 is 0 Å². The van der Waals surface area contributed by atoms with Gasteiger partial charge in [-0.3, -0.25) is 9.59 Å². The van der Waals surface area contributed by atoms with Crippen LogP contribution >= 0.6 is 0 Å². The molecule has 2 N–H and O–H groups in total. The van der Waals surface area contributed by atoms with Gasteiger partial charge in [-0.1, -0.05) is 26.8 Å². The lowest BCUT2D eigenvalue weighted by Crippen LogP contribution is -2.43. The van der Waals surface area contributed by atoms with Crippen LogP contribution in [0, 0.1) is 17.7 Å². The van der Waals surface area contributed by atoms with Crippen molar-refractivity contribution in [3.8, 4) is 0 Å². The van der Waals surface area contributed by atoms with Crippen molar-refractivity contribution in [3.05, 3.63) is 75.5 Å². The van der Waals surface area contributed by atoms with Gasteiger partial charge in [-0.15, -0.1) is 10.2 Å². The van der Waals surface area contributed by atoms with E-state index in [-0.39, 0.29) is 18.2 Å². The molecule has 4 rings (SSSR count). The minimum atomic E-state index is -4.67. The second-order valence-electron chi connectivity index (χ2n) is 10.8. The van der Waals surface area contributed by atoms with E-state index in [9.17, 15) is 27.2 Å². The Bertz CT molecular complexity index is 1410. The summed E-state index contributed by atoms with van der Waals surface area (Å²) in [5, 5.41) is 13.8. The van der Waals surface area contributed by atoms with Crippen LogP contribution in [-0.4, -0.2) is 38.0 Å². The maximum absolute atomic E-state index is 14.9. The summed E-state index contributed by atoms with van der Waals surface area (Å²) in [6.07, 6.45) is -0.515. The van der Waals surface area contributed by atoms with E-state index in [0.29, 0.717) is 28.4 Å². The van der Waals surface area contributed by atoms with Crippen LogP contribution in [0.5, 0.6) is 0 Å². The van der Waals surface area contributed by atoms with Crippen molar-refractivity contribution in [2.75, 3.05) is 11.9 Å². The van der Waals surface area contributed by atoms with Crippen LogP contribution in [0.15, 0.2) is 41.6 Å². The summed E-state index contributed by atoms with van der Waals surface area (Å²) in [5.41, 5.74) is -1.29. The molecule has 1 amide bonds. The fourth-order valence-electron chi connectivity index (χ4n) is 5.28. The zero-order chi connectivity index (χ0) is 28.5. The zero-order valence-electron chi connectivity index (χ0n) is 22.3. The number of aromatic nitrogens is 4. The van der Waals surface area contributed by atoms with E-state index in [2.05, 4.69) is 27.8 Å². The molecule has 2 heterocycles. The van der Waals surface area contributed by atoms with Crippen LogP contribution in [0.1, 0.15) is 60.9 Å². The average molecular weight is 549 g/mol. The number of nitrogens with one attached hydrogen (secondary N) is 2. The number of nitrogens with zero attached hydrogens (tertiary/aromatic N) is 4. The fourth-order valence-corrected chi connectivity index (χ4v) is 5.28. The smallest absolute Gasteiger partial charge is 0.320 e. The number of carbonyl (C=O) groups is 1. The predicted molar refractivity (Wildman–Crippen MR) is 138 cm³/mol. The van der Waals surface area contributed by atoms with Gasteiger partial charge in [-0.05, 0) is 60.5 Å². The van der Waals surface area contributed by atoms with Gasteiger partial charge < -0.3 is 19.8 Å². The number of amides is 1. The first kappa shape index (κ1) is 28.5. The minimum Gasteiger partial charge on any atom is -0.320 e. The third-order valence-electron chi connectivity index (χ3n) is 6.92. The quantitative estimate of drug-likeness (QED) is 0.387. The first-order valence-corrected chi connectivity index (χ1v) is 12.8. The number of hydrogen-bond donors (Lipinski definition) is 2. The predicted octanol–water partition coefficient (Wildman–Crippen LogP) is 4.39. The van der Waals surface area contributed by atoms with Crippen LogP contribution in [0.25, 0.3) is 0 Å². The molecule has 3 aromatic rings. The number of hydrogen-bond acceptors (Lipinski definition) is 5. The molecule has 1 aliphatic rings. The summed E-state index contributed by atoms with van der Waals surface area (Å²) in [7, 11) is 1.82. The maximum Gasteiger partial charge on any atom is 0.406 e. The number of pyridine rings is 1. The molecule has 0 bridgehead atoms. The molecule has 0 saturated heterocycles. The molecule has 12 heteroatoms. The minimum absolute atomic E-state index is 0.152. The first-order chi connectivity index (χ1) is 18.3. The Hall–Kier alpha value is -3.54. The Morgan fingerprint density at radius 1 is 1.23 bits per heavy atom. The number of rotatable bonds is 9. The summed E-state index contributed by atoms with van der Waals surface area (Å²) < 4.78 is 56.7. The van der Waals surface area contributed by atoms with E-state index in [1.54, 1.807) is 17.0 Å². The van der Waals surface area contributed by atoms with E-state index in [1.807, 2.05) is 20.9 Å². The molecule has 0 spiro atoms. The van der Waals surface area contributed by atoms with Crippen molar-refractivity contribution >= 4 is 11.6 Å². The molecule has 1 saturated carbocycles. The lowest BCUT2D eigenvalue weighted by molar-refractivity contribution is -0.141. The van der Waals surface area contributed by atoms with Gasteiger partial charge in [-0.2, -0.15) is 13.2 Å². The number of benzene rings is 1. The highest BCUT2D eigenvalue weighted by Gasteiger charge is 2.48. The van der Waals surface area contributed by atoms with Crippen LogP contribution in [-0.2, 0) is 25.6 Å². The van der Waals surface area contributed by atoms with Crippen molar-refractivity contribution in [1.29, 1.82) is 0 Å². The van der Waals surface area contributed by atoms with Gasteiger partial charge in [0.15, 0.2) is 0 Å².